The van der Waals surface area contributed by atoms with Crippen LogP contribution in [0.25, 0.3) is 0 Å². The van der Waals surface area contributed by atoms with Crippen LogP contribution < -0.4 is 5.32 Å². The van der Waals surface area contributed by atoms with Crippen LogP contribution in [0.2, 0.25) is 0 Å². The van der Waals surface area contributed by atoms with Gasteiger partial charge in [-0.2, -0.15) is 13.2 Å². The molecule has 0 amide bonds. The minimum Gasteiger partial charge on any atom is -0.367 e. The predicted octanol–water partition coefficient (Wildman–Crippen LogP) is 2.66. The van der Waals surface area contributed by atoms with Gasteiger partial charge in [0.1, 0.15) is 11.9 Å². The summed E-state index contributed by atoms with van der Waals surface area (Å²) in [6.45, 7) is 4.32. The van der Waals surface area contributed by atoms with Crippen LogP contribution in [0.5, 0.6) is 0 Å². The van der Waals surface area contributed by atoms with Crippen molar-refractivity contribution >= 4 is 5.82 Å². The molecule has 0 saturated carbocycles. The molecule has 2 rings (SSSR count). The van der Waals surface area contributed by atoms with Crippen molar-refractivity contribution in [2.45, 2.75) is 31.9 Å². The van der Waals surface area contributed by atoms with E-state index in [2.05, 4.69) is 10.3 Å². The lowest BCUT2D eigenvalue weighted by Gasteiger charge is -2.17. The maximum absolute atomic E-state index is 12.5. The van der Waals surface area contributed by atoms with E-state index in [-0.39, 0.29) is 11.9 Å². The number of halogens is 3. The van der Waals surface area contributed by atoms with Crippen molar-refractivity contribution in [2.24, 2.45) is 0 Å². The molecular formula is C12H15F3N2O2. The minimum atomic E-state index is -4.37. The van der Waals surface area contributed by atoms with E-state index in [1.165, 1.54) is 0 Å². The highest BCUT2D eigenvalue weighted by Crippen LogP contribution is 2.30. The first-order chi connectivity index (χ1) is 8.76. The maximum atomic E-state index is 12.5. The number of ether oxygens (including phenoxy) is 2. The van der Waals surface area contributed by atoms with Gasteiger partial charge in [0.05, 0.1) is 12.2 Å². The maximum Gasteiger partial charge on any atom is 0.416 e. The summed E-state index contributed by atoms with van der Waals surface area (Å²) in [6.07, 6.45) is -3.44. The Kier molecular flexibility index (Phi) is 3.69. The molecule has 2 heterocycles. The van der Waals surface area contributed by atoms with Gasteiger partial charge in [-0.1, -0.05) is 0 Å². The topological polar surface area (TPSA) is 43.4 Å². The highest BCUT2D eigenvalue weighted by atomic mass is 19.4. The molecule has 1 unspecified atom stereocenters. The van der Waals surface area contributed by atoms with E-state index in [9.17, 15) is 13.2 Å². The first kappa shape index (κ1) is 14.1. The molecule has 0 radical (unpaired) electrons. The summed E-state index contributed by atoms with van der Waals surface area (Å²) >= 11 is 0. The number of alkyl halides is 3. The van der Waals surface area contributed by atoms with Gasteiger partial charge >= 0.3 is 6.18 Å². The van der Waals surface area contributed by atoms with Gasteiger partial charge in [0.25, 0.3) is 0 Å². The van der Waals surface area contributed by atoms with E-state index < -0.39 is 17.5 Å². The van der Waals surface area contributed by atoms with Crippen LogP contribution in [-0.4, -0.2) is 30.0 Å². The van der Waals surface area contributed by atoms with Crippen molar-refractivity contribution in [1.29, 1.82) is 0 Å². The van der Waals surface area contributed by atoms with Crippen LogP contribution in [0.1, 0.15) is 19.4 Å². The fourth-order valence-corrected chi connectivity index (χ4v) is 1.79. The Hall–Kier alpha value is -1.34. The van der Waals surface area contributed by atoms with Gasteiger partial charge < -0.3 is 14.8 Å². The zero-order chi connectivity index (χ0) is 14.1. The predicted molar refractivity (Wildman–Crippen MR) is 62.6 cm³/mol. The third-order valence-corrected chi connectivity index (χ3v) is 2.67. The molecule has 0 spiro atoms. The fourth-order valence-electron chi connectivity index (χ4n) is 1.79. The van der Waals surface area contributed by atoms with Crippen molar-refractivity contribution < 1.29 is 22.6 Å². The third-order valence-electron chi connectivity index (χ3n) is 2.67. The third kappa shape index (κ3) is 3.81. The number of nitrogens with zero attached hydrogens (tertiary/aromatic N) is 1. The average molecular weight is 276 g/mol. The zero-order valence-electron chi connectivity index (χ0n) is 10.6. The number of hydrogen-bond donors (Lipinski definition) is 1. The van der Waals surface area contributed by atoms with E-state index in [1.807, 2.05) is 0 Å². The lowest BCUT2D eigenvalue weighted by Crippen LogP contribution is -2.26. The molecule has 7 heteroatoms. The molecule has 19 heavy (non-hydrogen) atoms. The highest BCUT2D eigenvalue weighted by molar-refractivity contribution is 5.38. The molecule has 0 bridgehead atoms. The Balaban J connectivity index is 1.94. The zero-order valence-corrected chi connectivity index (χ0v) is 10.6. The van der Waals surface area contributed by atoms with E-state index in [0.717, 1.165) is 18.3 Å². The van der Waals surface area contributed by atoms with Crippen LogP contribution >= 0.6 is 0 Å². The van der Waals surface area contributed by atoms with Crippen LogP contribution in [-0.2, 0) is 15.7 Å². The minimum absolute atomic E-state index is 0.170. The van der Waals surface area contributed by atoms with Crippen LogP contribution in [0.15, 0.2) is 18.3 Å². The van der Waals surface area contributed by atoms with Gasteiger partial charge in [-0.25, -0.2) is 4.98 Å². The lowest BCUT2D eigenvalue weighted by molar-refractivity contribution is -0.137. The molecule has 1 aliphatic rings. The smallest absolute Gasteiger partial charge is 0.367 e. The summed E-state index contributed by atoms with van der Waals surface area (Å²) in [6, 6.07) is 1.91. The van der Waals surface area contributed by atoms with Gasteiger partial charge in [-0.3, -0.25) is 0 Å². The van der Waals surface area contributed by atoms with Crippen molar-refractivity contribution in [3.8, 4) is 0 Å². The van der Waals surface area contributed by atoms with Crippen molar-refractivity contribution in [1.82, 2.24) is 4.98 Å². The normalized spacial score (nSPS) is 22.5. The van der Waals surface area contributed by atoms with E-state index >= 15 is 0 Å². The Labute approximate surface area is 108 Å². The van der Waals surface area contributed by atoms with Crippen molar-refractivity contribution in [3.63, 3.8) is 0 Å². The Morgan fingerprint density at radius 3 is 2.79 bits per heavy atom. The number of hydrogen-bond acceptors (Lipinski definition) is 4. The first-order valence-electron chi connectivity index (χ1n) is 5.85. The molecule has 1 atom stereocenters. The number of aromatic nitrogens is 1. The molecule has 4 nitrogen and oxygen atoms in total. The molecule has 1 aromatic heterocycles. The second kappa shape index (κ2) is 4.97. The largest absolute Gasteiger partial charge is 0.416 e. The summed E-state index contributed by atoms with van der Waals surface area (Å²) in [5.41, 5.74) is -0.728. The van der Waals surface area contributed by atoms with Crippen LogP contribution in [0, 0.1) is 0 Å². The Bertz CT molecular complexity index is 449. The number of rotatable bonds is 3. The SMILES string of the molecule is CC1(C)OCC(CNc2cc(C(F)(F)F)ccn2)O1. The van der Waals surface area contributed by atoms with E-state index in [4.69, 9.17) is 9.47 Å². The highest BCUT2D eigenvalue weighted by Gasteiger charge is 2.33. The molecule has 1 aliphatic heterocycles. The Morgan fingerprint density at radius 1 is 1.47 bits per heavy atom. The summed E-state index contributed by atoms with van der Waals surface area (Å²) in [5.74, 6) is -0.476. The molecular weight excluding hydrogens is 261 g/mol. The summed E-state index contributed by atoms with van der Waals surface area (Å²) in [5, 5.41) is 2.82. The number of nitrogens with one attached hydrogen (secondary N) is 1. The standard InChI is InChI=1S/C12H15F3N2O2/c1-11(2)18-7-9(19-11)6-17-10-5-8(3-4-16-10)12(13,14)15/h3-5,9H,6-7H2,1-2H3,(H,16,17). The average Bonchev–Trinajstić information content (AvgIpc) is 2.66. The van der Waals surface area contributed by atoms with Crippen molar-refractivity contribution in [2.75, 3.05) is 18.5 Å². The Morgan fingerprint density at radius 2 is 2.21 bits per heavy atom. The molecule has 1 N–H and O–H groups in total. The van der Waals surface area contributed by atoms with E-state index in [0.29, 0.717) is 13.2 Å². The fraction of sp³-hybridized carbons (Fsp3) is 0.583. The molecule has 1 aromatic rings. The molecule has 0 aromatic carbocycles. The van der Waals surface area contributed by atoms with Crippen LogP contribution in [0.3, 0.4) is 0 Å². The summed E-state index contributed by atoms with van der Waals surface area (Å²) in [7, 11) is 0. The van der Waals surface area contributed by atoms with Gasteiger partial charge in [-0.15, -0.1) is 0 Å². The molecule has 106 valence electrons. The monoisotopic (exact) mass is 276 g/mol. The summed E-state index contributed by atoms with van der Waals surface area (Å²) < 4.78 is 48.4. The number of anilines is 1. The van der Waals surface area contributed by atoms with E-state index in [1.54, 1.807) is 13.8 Å². The first-order valence-corrected chi connectivity index (χ1v) is 5.85. The number of pyridine rings is 1. The molecule has 1 saturated heterocycles. The van der Waals surface area contributed by atoms with Gasteiger partial charge in [-0.05, 0) is 26.0 Å². The van der Waals surface area contributed by atoms with Gasteiger partial charge in [0, 0.05) is 12.7 Å². The second-order valence-corrected chi connectivity index (χ2v) is 4.76. The molecule has 1 fully saturated rings. The van der Waals surface area contributed by atoms with Crippen LogP contribution in [0.4, 0.5) is 19.0 Å². The van der Waals surface area contributed by atoms with Gasteiger partial charge in [0.2, 0.25) is 0 Å². The quantitative estimate of drug-likeness (QED) is 0.921. The van der Waals surface area contributed by atoms with Gasteiger partial charge in [0.15, 0.2) is 5.79 Å². The lowest BCUT2D eigenvalue weighted by atomic mass is 10.2. The summed E-state index contributed by atoms with van der Waals surface area (Å²) in [4.78, 5) is 3.84. The second-order valence-electron chi connectivity index (χ2n) is 4.76. The molecule has 0 aliphatic carbocycles. The van der Waals surface area contributed by atoms with Crippen molar-refractivity contribution in [3.05, 3.63) is 23.9 Å².